The van der Waals surface area contributed by atoms with Gasteiger partial charge in [-0.05, 0) is 25.0 Å². The molecular formula is C15H23ClN2O4. The summed E-state index contributed by atoms with van der Waals surface area (Å²) in [5.41, 5.74) is 6.45. The minimum Gasteiger partial charge on any atom is -0.493 e. The van der Waals surface area contributed by atoms with Crippen LogP contribution in [0.1, 0.15) is 23.2 Å². The molecule has 1 aromatic rings. The van der Waals surface area contributed by atoms with Crippen molar-refractivity contribution in [3.63, 3.8) is 0 Å². The number of ether oxygens (including phenoxy) is 3. The average molecular weight is 331 g/mol. The highest BCUT2D eigenvalue weighted by molar-refractivity contribution is 5.95. The van der Waals surface area contributed by atoms with Crippen molar-refractivity contribution < 1.29 is 19.0 Å². The molecule has 124 valence electrons. The van der Waals surface area contributed by atoms with Crippen molar-refractivity contribution >= 4 is 18.3 Å². The lowest BCUT2D eigenvalue weighted by Gasteiger charge is -2.31. The van der Waals surface area contributed by atoms with Crippen molar-refractivity contribution in [1.29, 1.82) is 0 Å². The molecule has 1 aromatic carbocycles. The lowest BCUT2D eigenvalue weighted by atomic mass is 10.0. The Kier molecular flexibility index (Phi) is 6.77. The lowest BCUT2D eigenvalue weighted by Crippen LogP contribution is -2.45. The number of likely N-dealkylation sites (tertiary alicyclic amines) is 1. The Morgan fingerprint density at radius 1 is 1.18 bits per heavy atom. The second-order valence-electron chi connectivity index (χ2n) is 5.07. The Hall–Kier alpha value is -1.66. The average Bonchev–Trinajstić information content (AvgIpc) is 2.52. The van der Waals surface area contributed by atoms with Crippen molar-refractivity contribution in [2.45, 2.75) is 18.9 Å². The number of nitrogens with two attached hydrogens (primary N) is 1. The highest BCUT2D eigenvalue weighted by atomic mass is 35.5. The second kappa shape index (κ2) is 8.10. The number of hydrogen-bond donors (Lipinski definition) is 1. The predicted octanol–water partition coefficient (Wildman–Crippen LogP) is 1.70. The van der Waals surface area contributed by atoms with Gasteiger partial charge in [0.25, 0.3) is 5.91 Å². The maximum absolute atomic E-state index is 12.6. The molecule has 0 bridgehead atoms. The van der Waals surface area contributed by atoms with Crippen molar-refractivity contribution in [2.24, 2.45) is 5.73 Å². The molecule has 1 saturated heterocycles. The molecule has 6 nitrogen and oxygen atoms in total. The first kappa shape index (κ1) is 18.4. The molecule has 2 N–H and O–H groups in total. The van der Waals surface area contributed by atoms with E-state index in [9.17, 15) is 4.79 Å². The third-order valence-corrected chi connectivity index (χ3v) is 3.66. The van der Waals surface area contributed by atoms with E-state index in [1.807, 2.05) is 0 Å². The Labute approximate surface area is 136 Å². The molecule has 0 aliphatic carbocycles. The van der Waals surface area contributed by atoms with Gasteiger partial charge in [-0.1, -0.05) is 0 Å². The predicted molar refractivity (Wildman–Crippen MR) is 86.5 cm³/mol. The molecule has 0 aromatic heterocycles. The molecule has 0 saturated carbocycles. The van der Waals surface area contributed by atoms with Crippen LogP contribution >= 0.6 is 12.4 Å². The van der Waals surface area contributed by atoms with Gasteiger partial charge in [-0.25, -0.2) is 0 Å². The van der Waals surface area contributed by atoms with E-state index in [-0.39, 0.29) is 24.4 Å². The molecule has 1 fully saturated rings. The third-order valence-electron chi connectivity index (χ3n) is 3.66. The van der Waals surface area contributed by atoms with Crippen LogP contribution in [-0.2, 0) is 0 Å². The largest absolute Gasteiger partial charge is 0.493 e. The van der Waals surface area contributed by atoms with Crippen molar-refractivity contribution in [1.82, 2.24) is 4.90 Å². The first-order valence-electron chi connectivity index (χ1n) is 6.95. The summed E-state index contributed by atoms with van der Waals surface area (Å²) in [4.78, 5) is 14.4. The molecule has 0 spiro atoms. The van der Waals surface area contributed by atoms with Crippen LogP contribution in [0.15, 0.2) is 12.1 Å². The van der Waals surface area contributed by atoms with Crippen molar-refractivity contribution in [2.75, 3.05) is 34.4 Å². The smallest absolute Gasteiger partial charge is 0.254 e. The number of nitrogens with zero attached hydrogens (tertiary/aromatic N) is 1. The Bertz CT molecular complexity index is 499. The maximum Gasteiger partial charge on any atom is 0.254 e. The number of carbonyl (C=O) groups is 1. The minimum atomic E-state index is -0.0654. The molecule has 2 rings (SSSR count). The van der Waals surface area contributed by atoms with Gasteiger partial charge in [0.15, 0.2) is 11.5 Å². The fourth-order valence-electron chi connectivity index (χ4n) is 2.58. The first-order chi connectivity index (χ1) is 10.1. The van der Waals surface area contributed by atoms with E-state index in [4.69, 9.17) is 19.9 Å². The normalized spacial score (nSPS) is 17.5. The van der Waals surface area contributed by atoms with Crippen LogP contribution in [0.3, 0.4) is 0 Å². The highest BCUT2D eigenvalue weighted by Crippen LogP contribution is 2.38. The summed E-state index contributed by atoms with van der Waals surface area (Å²) < 4.78 is 15.8. The Morgan fingerprint density at radius 2 is 1.77 bits per heavy atom. The van der Waals surface area contributed by atoms with Crippen LogP contribution in [0.5, 0.6) is 17.2 Å². The molecule has 1 amide bonds. The summed E-state index contributed by atoms with van der Waals surface area (Å²) in [5, 5.41) is 0. The van der Waals surface area contributed by atoms with Crippen LogP contribution in [0, 0.1) is 0 Å². The highest BCUT2D eigenvalue weighted by Gasteiger charge is 2.24. The summed E-state index contributed by atoms with van der Waals surface area (Å²) in [5.74, 6) is 1.36. The zero-order chi connectivity index (χ0) is 15.4. The number of halogens is 1. The van der Waals surface area contributed by atoms with Gasteiger partial charge < -0.3 is 24.8 Å². The van der Waals surface area contributed by atoms with Crippen LogP contribution in [0.25, 0.3) is 0 Å². The van der Waals surface area contributed by atoms with Gasteiger partial charge in [0, 0.05) is 24.7 Å². The van der Waals surface area contributed by atoms with Crippen LogP contribution in [0.4, 0.5) is 0 Å². The molecule has 1 atom stereocenters. The summed E-state index contributed by atoms with van der Waals surface area (Å²) in [6.07, 6.45) is 1.89. The molecule has 1 aliphatic heterocycles. The molecule has 0 radical (unpaired) electrons. The van der Waals surface area contributed by atoms with E-state index >= 15 is 0 Å². The van der Waals surface area contributed by atoms with E-state index in [1.54, 1.807) is 17.0 Å². The van der Waals surface area contributed by atoms with E-state index < -0.39 is 0 Å². The fourth-order valence-corrected chi connectivity index (χ4v) is 2.58. The molecule has 7 heteroatoms. The molecule has 1 heterocycles. The quantitative estimate of drug-likeness (QED) is 0.909. The SMILES string of the molecule is COc1cc(C(=O)N2CCC[C@@H](N)C2)cc(OC)c1OC.Cl. The summed E-state index contributed by atoms with van der Waals surface area (Å²) in [7, 11) is 4.59. The van der Waals surface area contributed by atoms with E-state index in [2.05, 4.69) is 0 Å². The summed E-state index contributed by atoms with van der Waals surface area (Å²) >= 11 is 0. The monoisotopic (exact) mass is 330 g/mol. The van der Waals surface area contributed by atoms with Crippen LogP contribution in [0.2, 0.25) is 0 Å². The van der Waals surface area contributed by atoms with E-state index in [0.717, 1.165) is 19.4 Å². The zero-order valence-electron chi connectivity index (χ0n) is 13.1. The van der Waals surface area contributed by atoms with Gasteiger partial charge >= 0.3 is 0 Å². The van der Waals surface area contributed by atoms with Gasteiger partial charge in [0.1, 0.15) is 0 Å². The second-order valence-corrected chi connectivity index (χ2v) is 5.07. The molecular weight excluding hydrogens is 308 g/mol. The number of amides is 1. The molecule has 0 unspecified atom stereocenters. The number of carbonyl (C=O) groups excluding carboxylic acids is 1. The van der Waals surface area contributed by atoms with Gasteiger partial charge in [0.05, 0.1) is 21.3 Å². The Balaban J connectivity index is 0.00000242. The first-order valence-corrected chi connectivity index (χ1v) is 6.95. The lowest BCUT2D eigenvalue weighted by molar-refractivity contribution is 0.0708. The van der Waals surface area contributed by atoms with Gasteiger partial charge in [-0.15, -0.1) is 12.4 Å². The van der Waals surface area contributed by atoms with Crippen molar-refractivity contribution in [3.8, 4) is 17.2 Å². The van der Waals surface area contributed by atoms with Gasteiger partial charge in [-0.3, -0.25) is 4.79 Å². The number of piperidine rings is 1. The molecule has 22 heavy (non-hydrogen) atoms. The number of hydrogen-bond acceptors (Lipinski definition) is 5. The number of methoxy groups -OCH3 is 3. The standard InChI is InChI=1S/C15H22N2O4.ClH/c1-19-12-7-10(8-13(20-2)14(12)21-3)15(18)17-6-4-5-11(16)9-17;/h7-8,11H,4-6,9,16H2,1-3H3;1H/t11-;/m1./s1. The van der Waals surface area contributed by atoms with Gasteiger partial charge in [0.2, 0.25) is 5.75 Å². The molecule has 1 aliphatic rings. The number of benzene rings is 1. The topological polar surface area (TPSA) is 74.0 Å². The van der Waals surface area contributed by atoms with Crippen molar-refractivity contribution in [3.05, 3.63) is 17.7 Å². The summed E-state index contributed by atoms with van der Waals surface area (Å²) in [6.45, 7) is 1.30. The minimum absolute atomic E-state index is 0. The van der Waals surface area contributed by atoms with E-state index in [0.29, 0.717) is 29.4 Å². The van der Waals surface area contributed by atoms with Gasteiger partial charge in [-0.2, -0.15) is 0 Å². The van der Waals surface area contributed by atoms with Crippen LogP contribution < -0.4 is 19.9 Å². The van der Waals surface area contributed by atoms with E-state index in [1.165, 1.54) is 21.3 Å². The maximum atomic E-state index is 12.6. The van der Waals surface area contributed by atoms with Crippen LogP contribution in [-0.4, -0.2) is 51.3 Å². The third kappa shape index (κ3) is 3.75. The Morgan fingerprint density at radius 3 is 2.23 bits per heavy atom. The number of rotatable bonds is 4. The zero-order valence-corrected chi connectivity index (χ0v) is 13.9. The fraction of sp³-hybridized carbons (Fsp3) is 0.533. The summed E-state index contributed by atoms with van der Waals surface area (Å²) in [6, 6.07) is 3.39.